The Morgan fingerprint density at radius 1 is 1.00 bits per heavy atom. The van der Waals surface area contributed by atoms with E-state index in [4.69, 9.17) is 15.2 Å². The summed E-state index contributed by atoms with van der Waals surface area (Å²) in [6.07, 6.45) is 0. The number of hydrogen-bond acceptors (Lipinski definition) is 3. The minimum atomic E-state index is -0.324. The van der Waals surface area contributed by atoms with Crippen molar-refractivity contribution in [3.05, 3.63) is 41.7 Å². The van der Waals surface area contributed by atoms with Gasteiger partial charge in [-0.2, -0.15) is 0 Å². The van der Waals surface area contributed by atoms with E-state index in [9.17, 15) is 4.39 Å². The zero-order valence-electron chi connectivity index (χ0n) is 11.2. The molecule has 0 saturated heterocycles. The van der Waals surface area contributed by atoms with Crippen LogP contribution >= 0.6 is 0 Å². The molecule has 0 aliphatic rings. The van der Waals surface area contributed by atoms with E-state index in [1.807, 2.05) is 0 Å². The van der Waals surface area contributed by atoms with E-state index in [-0.39, 0.29) is 5.82 Å². The Labute approximate surface area is 111 Å². The number of anilines is 1. The first-order valence-electron chi connectivity index (χ1n) is 5.85. The first-order valence-corrected chi connectivity index (χ1v) is 5.85. The smallest absolute Gasteiger partial charge is 0.131 e. The summed E-state index contributed by atoms with van der Waals surface area (Å²) in [5.41, 5.74) is 8.17. The minimum absolute atomic E-state index is 0.324. The van der Waals surface area contributed by atoms with Crippen molar-refractivity contribution >= 4 is 5.69 Å². The predicted octanol–water partition coefficient (Wildman–Crippen LogP) is 3.40. The quantitative estimate of drug-likeness (QED) is 0.861. The highest BCUT2D eigenvalue weighted by molar-refractivity contribution is 5.75. The molecule has 0 bridgehead atoms. The van der Waals surface area contributed by atoms with Gasteiger partial charge in [0.05, 0.1) is 14.2 Å². The van der Waals surface area contributed by atoms with E-state index in [0.717, 1.165) is 0 Å². The molecule has 0 spiro atoms. The van der Waals surface area contributed by atoms with Gasteiger partial charge in [-0.3, -0.25) is 0 Å². The molecule has 0 atom stereocenters. The van der Waals surface area contributed by atoms with Crippen molar-refractivity contribution in [3.63, 3.8) is 0 Å². The number of aryl methyl sites for hydroxylation is 1. The second-order valence-electron chi connectivity index (χ2n) is 4.25. The molecule has 4 heteroatoms. The molecule has 0 radical (unpaired) electrons. The van der Waals surface area contributed by atoms with Crippen LogP contribution in [0.1, 0.15) is 5.56 Å². The van der Waals surface area contributed by atoms with Crippen molar-refractivity contribution in [2.75, 3.05) is 20.0 Å². The van der Waals surface area contributed by atoms with Crippen LogP contribution in [0.3, 0.4) is 0 Å². The number of rotatable bonds is 3. The van der Waals surface area contributed by atoms with Crippen LogP contribution in [0.25, 0.3) is 11.1 Å². The zero-order valence-corrected chi connectivity index (χ0v) is 11.2. The highest BCUT2D eigenvalue weighted by Gasteiger charge is 2.13. The molecule has 0 heterocycles. The summed E-state index contributed by atoms with van der Waals surface area (Å²) in [7, 11) is 3.10. The summed E-state index contributed by atoms with van der Waals surface area (Å²) in [6.45, 7) is 1.77. The fraction of sp³-hybridized carbons (Fsp3) is 0.200. The van der Waals surface area contributed by atoms with Crippen LogP contribution in [0, 0.1) is 12.7 Å². The first-order chi connectivity index (χ1) is 9.06. The van der Waals surface area contributed by atoms with Crippen molar-refractivity contribution < 1.29 is 13.9 Å². The monoisotopic (exact) mass is 261 g/mol. The number of halogens is 1. The van der Waals surface area contributed by atoms with Crippen molar-refractivity contribution in [1.29, 1.82) is 0 Å². The average Bonchev–Trinajstić information content (AvgIpc) is 2.42. The van der Waals surface area contributed by atoms with Crippen LogP contribution in [-0.2, 0) is 0 Å². The average molecular weight is 261 g/mol. The van der Waals surface area contributed by atoms with Crippen molar-refractivity contribution in [3.8, 4) is 22.6 Å². The van der Waals surface area contributed by atoms with Gasteiger partial charge in [0.2, 0.25) is 0 Å². The molecule has 2 rings (SSSR count). The molecule has 2 aromatic carbocycles. The van der Waals surface area contributed by atoms with Crippen LogP contribution < -0.4 is 15.2 Å². The Bertz CT molecular complexity index is 611. The Morgan fingerprint density at radius 3 is 2.37 bits per heavy atom. The predicted molar refractivity (Wildman–Crippen MR) is 74.1 cm³/mol. The third-order valence-electron chi connectivity index (χ3n) is 3.05. The third kappa shape index (κ3) is 2.47. The third-order valence-corrected chi connectivity index (χ3v) is 3.05. The lowest BCUT2D eigenvalue weighted by molar-refractivity contribution is 0.395. The summed E-state index contributed by atoms with van der Waals surface area (Å²) in [5, 5.41) is 0. The van der Waals surface area contributed by atoms with E-state index in [0.29, 0.717) is 33.9 Å². The van der Waals surface area contributed by atoms with Gasteiger partial charge in [-0.25, -0.2) is 4.39 Å². The van der Waals surface area contributed by atoms with Gasteiger partial charge in [-0.15, -0.1) is 0 Å². The van der Waals surface area contributed by atoms with Gasteiger partial charge < -0.3 is 15.2 Å². The molecule has 0 aliphatic carbocycles. The number of hydrogen-bond donors (Lipinski definition) is 1. The number of methoxy groups -OCH3 is 2. The molecule has 2 N–H and O–H groups in total. The standard InChI is InChI=1S/C15H16FNO2/c1-9-6-13(16)12(8-14(9)17)11-5-4-10(18-2)7-15(11)19-3/h4-8H,17H2,1-3H3. The zero-order chi connectivity index (χ0) is 14.0. The van der Waals surface area contributed by atoms with Gasteiger partial charge >= 0.3 is 0 Å². The number of nitrogen functional groups attached to an aromatic ring is 1. The van der Waals surface area contributed by atoms with Crippen molar-refractivity contribution in [1.82, 2.24) is 0 Å². The topological polar surface area (TPSA) is 44.5 Å². The van der Waals surface area contributed by atoms with Crippen LogP contribution in [-0.4, -0.2) is 14.2 Å². The highest BCUT2D eigenvalue weighted by atomic mass is 19.1. The van der Waals surface area contributed by atoms with E-state index in [1.165, 1.54) is 13.2 Å². The second kappa shape index (κ2) is 5.18. The van der Waals surface area contributed by atoms with E-state index in [2.05, 4.69) is 0 Å². The highest BCUT2D eigenvalue weighted by Crippen LogP contribution is 2.36. The van der Waals surface area contributed by atoms with Crippen LogP contribution in [0.5, 0.6) is 11.5 Å². The van der Waals surface area contributed by atoms with E-state index in [1.54, 1.807) is 38.3 Å². The van der Waals surface area contributed by atoms with Gasteiger partial charge in [0.1, 0.15) is 17.3 Å². The second-order valence-corrected chi connectivity index (χ2v) is 4.25. The number of nitrogens with two attached hydrogens (primary N) is 1. The van der Waals surface area contributed by atoms with Gasteiger partial charge in [0, 0.05) is 22.9 Å². The molecule has 19 heavy (non-hydrogen) atoms. The first kappa shape index (κ1) is 13.2. The molecule has 0 amide bonds. The molecule has 100 valence electrons. The SMILES string of the molecule is COc1ccc(-c2cc(N)c(C)cc2F)c(OC)c1. The maximum Gasteiger partial charge on any atom is 0.131 e. The molecule has 0 aromatic heterocycles. The lowest BCUT2D eigenvalue weighted by Crippen LogP contribution is -1.96. The summed E-state index contributed by atoms with van der Waals surface area (Å²) in [4.78, 5) is 0. The summed E-state index contributed by atoms with van der Waals surface area (Å²) in [6, 6.07) is 8.27. The lowest BCUT2D eigenvalue weighted by atomic mass is 10.0. The molecular formula is C15H16FNO2. The molecule has 0 aliphatic heterocycles. The molecule has 0 fully saturated rings. The van der Waals surface area contributed by atoms with Gasteiger partial charge in [0.15, 0.2) is 0 Å². The molecule has 0 unspecified atom stereocenters. The molecule has 2 aromatic rings. The van der Waals surface area contributed by atoms with Gasteiger partial charge in [-0.1, -0.05) is 0 Å². The summed E-state index contributed by atoms with van der Waals surface area (Å²) < 4.78 is 24.5. The maximum atomic E-state index is 14.1. The fourth-order valence-electron chi connectivity index (χ4n) is 1.92. The fourth-order valence-corrected chi connectivity index (χ4v) is 1.92. The summed E-state index contributed by atoms with van der Waals surface area (Å²) >= 11 is 0. The number of ether oxygens (including phenoxy) is 2. The van der Waals surface area contributed by atoms with Crippen molar-refractivity contribution in [2.24, 2.45) is 0 Å². The van der Waals surface area contributed by atoms with Crippen LogP contribution in [0.4, 0.5) is 10.1 Å². The Morgan fingerprint density at radius 2 is 1.74 bits per heavy atom. The molecular weight excluding hydrogens is 245 g/mol. The molecule has 0 saturated carbocycles. The van der Waals surface area contributed by atoms with Crippen LogP contribution in [0.2, 0.25) is 0 Å². The lowest BCUT2D eigenvalue weighted by Gasteiger charge is -2.12. The Hall–Kier alpha value is -2.23. The van der Waals surface area contributed by atoms with Crippen molar-refractivity contribution in [2.45, 2.75) is 6.92 Å². The Balaban J connectivity index is 2.61. The minimum Gasteiger partial charge on any atom is -0.497 e. The van der Waals surface area contributed by atoms with Gasteiger partial charge in [-0.05, 0) is 36.8 Å². The van der Waals surface area contributed by atoms with Gasteiger partial charge in [0.25, 0.3) is 0 Å². The van der Waals surface area contributed by atoms with Crippen LogP contribution in [0.15, 0.2) is 30.3 Å². The van der Waals surface area contributed by atoms with E-state index < -0.39 is 0 Å². The summed E-state index contributed by atoms with van der Waals surface area (Å²) in [5.74, 6) is 0.873. The number of benzene rings is 2. The molecule has 3 nitrogen and oxygen atoms in total. The normalized spacial score (nSPS) is 10.3. The Kier molecular flexibility index (Phi) is 3.60. The largest absolute Gasteiger partial charge is 0.497 e. The maximum absolute atomic E-state index is 14.1. The van der Waals surface area contributed by atoms with E-state index >= 15 is 0 Å².